The topological polar surface area (TPSA) is 42.7 Å². The van der Waals surface area contributed by atoms with E-state index < -0.39 is 0 Å². The second-order valence-electron chi connectivity index (χ2n) is 3.95. The van der Waals surface area contributed by atoms with E-state index in [4.69, 9.17) is 0 Å². The number of halogens is 1. The predicted molar refractivity (Wildman–Crippen MR) is 71.3 cm³/mol. The van der Waals surface area contributed by atoms with Gasteiger partial charge in [-0.2, -0.15) is 5.10 Å². The molecule has 0 unspecified atom stereocenters. The minimum atomic E-state index is 0.829. The third-order valence-electron chi connectivity index (χ3n) is 2.61. The van der Waals surface area contributed by atoms with Gasteiger partial charge in [0.25, 0.3) is 0 Å². The summed E-state index contributed by atoms with van der Waals surface area (Å²) in [5, 5.41) is 7.60. The number of nitrogens with zero attached hydrogens (tertiary/aromatic N) is 3. The maximum absolute atomic E-state index is 4.47. The quantitative estimate of drug-likeness (QED) is 0.945. The van der Waals surface area contributed by atoms with Crippen LogP contribution in [0.5, 0.6) is 0 Å². The Labute approximate surface area is 109 Å². The largest absolute Gasteiger partial charge is 0.316 e. The first-order valence-corrected chi connectivity index (χ1v) is 6.24. The van der Waals surface area contributed by atoms with Gasteiger partial charge in [-0.3, -0.25) is 0 Å². The van der Waals surface area contributed by atoms with Crippen LogP contribution in [0.3, 0.4) is 0 Å². The molecule has 0 aliphatic heterocycles. The fraction of sp³-hybridized carbons (Fsp3) is 0.333. The molecule has 4 nitrogen and oxygen atoms in total. The molecule has 0 bridgehead atoms. The van der Waals surface area contributed by atoms with Crippen LogP contribution in [0.15, 0.2) is 22.8 Å². The Bertz CT molecular complexity index is 533. The van der Waals surface area contributed by atoms with E-state index in [1.807, 2.05) is 43.9 Å². The summed E-state index contributed by atoms with van der Waals surface area (Å²) in [6, 6.07) is 4.04. The van der Waals surface area contributed by atoms with Gasteiger partial charge in [0, 0.05) is 12.7 Å². The molecule has 0 saturated carbocycles. The van der Waals surface area contributed by atoms with Crippen LogP contribution in [0.2, 0.25) is 0 Å². The van der Waals surface area contributed by atoms with Crippen molar-refractivity contribution in [3.05, 3.63) is 39.8 Å². The van der Waals surface area contributed by atoms with Gasteiger partial charge >= 0.3 is 0 Å². The van der Waals surface area contributed by atoms with Gasteiger partial charge in [0.2, 0.25) is 0 Å². The molecule has 2 heterocycles. The highest BCUT2D eigenvalue weighted by atomic mass is 79.9. The van der Waals surface area contributed by atoms with Gasteiger partial charge in [0.15, 0.2) is 5.82 Å². The van der Waals surface area contributed by atoms with Crippen LogP contribution in [0.1, 0.15) is 17.0 Å². The first-order chi connectivity index (χ1) is 8.13. The van der Waals surface area contributed by atoms with Gasteiger partial charge in [-0.15, -0.1) is 0 Å². The zero-order valence-corrected chi connectivity index (χ0v) is 11.7. The molecule has 90 valence electrons. The Kier molecular flexibility index (Phi) is 3.59. The van der Waals surface area contributed by atoms with Crippen molar-refractivity contribution in [1.29, 1.82) is 0 Å². The SMILES string of the molecule is CNCc1ccnc(-n2nc(C)c(Br)c2C)c1. The predicted octanol–water partition coefficient (Wildman–Crippen LogP) is 2.37. The van der Waals surface area contributed by atoms with Gasteiger partial charge in [0.1, 0.15) is 0 Å². The highest BCUT2D eigenvalue weighted by molar-refractivity contribution is 9.10. The lowest BCUT2D eigenvalue weighted by Crippen LogP contribution is -2.07. The highest BCUT2D eigenvalue weighted by Gasteiger charge is 2.11. The number of hydrogen-bond donors (Lipinski definition) is 1. The van der Waals surface area contributed by atoms with Crippen LogP contribution in [0.4, 0.5) is 0 Å². The Hall–Kier alpha value is -1.20. The molecule has 1 N–H and O–H groups in total. The third-order valence-corrected chi connectivity index (χ3v) is 3.76. The molecular formula is C12H15BrN4. The Morgan fingerprint density at radius 1 is 1.41 bits per heavy atom. The molecule has 0 spiro atoms. The maximum atomic E-state index is 4.47. The van der Waals surface area contributed by atoms with Crippen molar-refractivity contribution in [3.8, 4) is 5.82 Å². The van der Waals surface area contributed by atoms with Gasteiger partial charge in [-0.1, -0.05) is 0 Å². The molecule has 0 saturated heterocycles. The van der Waals surface area contributed by atoms with Gasteiger partial charge in [-0.25, -0.2) is 9.67 Å². The van der Waals surface area contributed by atoms with Crippen LogP contribution >= 0.6 is 15.9 Å². The monoisotopic (exact) mass is 294 g/mol. The summed E-state index contributed by atoms with van der Waals surface area (Å²) >= 11 is 3.52. The number of aromatic nitrogens is 3. The fourth-order valence-corrected chi connectivity index (χ4v) is 1.98. The Balaban J connectivity index is 2.45. The van der Waals surface area contributed by atoms with Gasteiger partial charge in [0.05, 0.1) is 15.9 Å². The second kappa shape index (κ2) is 4.98. The van der Waals surface area contributed by atoms with Crippen LogP contribution in [-0.4, -0.2) is 21.8 Å². The summed E-state index contributed by atoms with van der Waals surface area (Å²) < 4.78 is 2.90. The average molecular weight is 295 g/mol. The number of nitrogens with one attached hydrogen (secondary N) is 1. The lowest BCUT2D eigenvalue weighted by Gasteiger charge is -2.05. The van der Waals surface area contributed by atoms with E-state index in [0.29, 0.717) is 0 Å². The van der Waals surface area contributed by atoms with Gasteiger partial charge in [-0.05, 0) is 54.5 Å². The molecular weight excluding hydrogens is 280 g/mol. The molecule has 0 radical (unpaired) electrons. The molecule has 5 heteroatoms. The summed E-state index contributed by atoms with van der Waals surface area (Å²) in [5.74, 6) is 0.851. The van der Waals surface area contributed by atoms with E-state index in [-0.39, 0.29) is 0 Å². The maximum Gasteiger partial charge on any atom is 0.153 e. The van der Waals surface area contributed by atoms with Crippen molar-refractivity contribution >= 4 is 15.9 Å². The van der Waals surface area contributed by atoms with Crippen LogP contribution in [-0.2, 0) is 6.54 Å². The summed E-state index contributed by atoms with van der Waals surface area (Å²) in [4.78, 5) is 4.36. The van der Waals surface area contributed by atoms with Crippen LogP contribution in [0.25, 0.3) is 5.82 Å². The smallest absolute Gasteiger partial charge is 0.153 e. The summed E-state index contributed by atoms with van der Waals surface area (Å²) in [6.45, 7) is 4.83. The van der Waals surface area contributed by atoms with E-state index in [0.717, 1.165) is 28.2 Å². The number of rotatable bonds is 3. The van der Waals surface area contributed by atoms with Crippen molar-refractivity contribution in [2.75, 3.05) is 7.05 Å². The molecule has 0 aliphatic carbocycles. The van der Waals surface area contributed by atoms with Crippen molar-refractivity contribution < 1.29 is 0 Å². The molecule has 2 aromatic rings. The molecule has 17 heavy (non-hydrogen) atoms. The van der Waals surface area contributed by atoms with E-state index in [9.17, 15) is 0 Å². The molecule has 2 rings (SSSR count). The van der Waals surface area contributed by atoms with Crippen molar-refractivity contribution in [1.82, 2.24) is 20.1 Å². The second-order valence-corrected chi connectivity index (χ2v) is 4.74. The van der Waals surface area contributed by atoms with Crippen LogP contribution < -0.4 is 5.32 Å². The molecule has 0 aromatic carbocycles. The first kappa shape index (κ1) is 12.3. The van der Waals surface area contributed by atoms with E-state index in [1.165, 1.54) is 5.56 Å². The van der Waals surface area contributed by atoms with E-state index in [2.05, 4.69) is 31.3 Å². The number of pyridine rings is 1. The normalized spacial score (nSPS) is 10.8. The van der Waals surface area contributed by atoms with Crippen molar-refractivity contribution in [2.45, 2.75) is 20.4 Å². The van der Waals surface area contributed by atoms with Crippen LogP contribution in [0, 0.1) is 13.8 Å². The third kappa shape index (κ3) is 2.40. The zero-order valence-electron chi connectivity index (χ0n) is 10.2. The average Bonchev–Trinajstić information content (AvgIpc) is 2.58. The molecule has 0 aliphatic rings. The standard InChI is InChI=1S/C12H15BrN4/c1-8-12(13)9(2)17(16-8)11-6-10(7-14-3)4-5-15-11/h4-6,14H,7H2,1-3H3. The number of hydrogen-bond acceptors (Lipinski definition) is 3. The lowest BCUT2D eigenvalue weighted by atomic mass is 10.2. The summed E-state index contributed by atoms with van der Waals surface area (Å²) in [7, 11) is 1.93. The van der Waals surface area contributed by atoms with Crippen molar-refractivity contribution in [3.63, 3.8) is 0 Å². The van der Waals surface area contributed by atoms with Gasteiger partial charge < -0.3 is 5.32 Å². The highest BCUT2D eigenvalue weighted by Crippen LogP contribution is 2.22. The summed E-state index contributed by atoms with van der Waals surface area (Å²) in [5.41, 5.74) is 3.24. The molecule has 0 amide bonds. The minimum absolute atomic E-state index is 0.829. The fourth-order valence-electron chi connectivity index (χ4n) is 1.74. The van der Waals surface area contributed by atoms with Crippen molar-refractivity contribution in [2.24, 2.45) is 0 Å². The number of aryl methyl sites for hydroxylation is 1. The molecule has 0 atom stereocenters. The Morgan fingerprint density at radius 2 is 2.18 bits per heavy atom. The zero-order chi connectivity index (χ0) is 12.4. The van der Waals surface area contributed by atoms with E-state index >= 15 is 0 Å². The first-order valence-electron chi connectivity index (χ1n) is 5.45. The lowest BCUT2D eigenvalue weighted by molar-refractivity contribution is 0.785. The van der Waals surface area contributed by atoms with E-state index in [1.54, 1.807) is 0 Å². The minimum Gasteiger partial charge on any atom is -0.316 e. The summed E-state index contributed by atoms with van der Waals surface area (Å²) in [6.07, 6.45) is 1.81. The molecule has 2 aromatic heterocycles. The molecule has 0 fully saturated rings. The Morgan fingerprint density at radius 3 is 2.76 bits per heavy atom.